The number of imide groups is 2. The third-order valence-electron chi connectivity index (χ3n) is 5.38. The number of ether oxygens (including phenoxy) is 2. The molecular formula is C27H22FN3O6. The second-order valence-electron chi connectivity index (χ2n) is 8.05. The van der Waals surface area contributed by atoms with E-state index in [0.717, 1.165) is 22.6 Å². The molecule has 0 atom stereocenters. The van der Waals surface area contributed by atoms with E-state index in [9.17, 15) is 23.6 Å². The van der Waals surface area contributed by atoms with Crippen molar-refractivity contribution >= 4 is 41.2 Å². The molecule has 0 spiro atoms. The summed E-state index contributed by atoms with van der Waals surface area (Å²) >= 11 is 0. The molecule has 0 saturated carbocycles. The number of nitrogens with zero attached hydrogens (tertiary/aromatic N) is 1. The van der Waals surface area contributed by atoms with E-state index >= 15 is 0 Å². The van der Waals surface area contributed by atoms with Crippen LogP contribution in [0.3, 0.4) is 0 Å². The summed E-state index contributed by atoms with van der Waals surface area (Å²) in [4.78, 5) is 50.7. The third-order valence-corrected chi connectivity index (χ3v) is 5.38. The Morgan fingerprint density at radius 1 is 1.00 bits per heavy atom. The highest BCUT2D eigenvalue weighted by molar-refractivity contribution is 6.39. The lowest BCUT2D eigenvalue weighted by Crippen LogP contribution is -2.54. The van der Waals surface area contributed by atoms with Crippen molar-refractivity contribution in [3.05, 3.63) is 89.2 Å². The van der Waals surface area contributed by atoms with Crippen molar-refractivity contribution < 1.29 is 33.0 Å². The van der Waals surface area contributed by atoms with Gasteiger partial charge in [-0.25, -0.2) is 14.1 Å². The maximum absolute atomic E-state index is 13.3. The number of carbonyl (C=O) groups is 4. The van der Waals surface area contributed by atoms with Gasteiger partial charge in [0.2, 0.25) is 0 Å². The molecule has 3 aromatic carbocycles. The number of urea groups is 1. The number of aryl methyl sites for hydroxylation is 1. The first kappa shape index (κ1) is 25.1. The molecule has 1 aliphatic heterocycles. The summed E-state index contributed by atoms with van der Waals surface area (Å²) in [6.45, 7) is 1.67. The van der Waals surface area contributed by atoms with Gasteiger partial charge in [-0.3, -0.25) is 19.7 Å². The molecule has 0 bridgehead atoms. The number of barbiturate groups is 1. The van der Waals surface area contributed by atoms with Gasteiger partial charge in [0.15, 0.2) is 18.1 Å². The number of carbonyl (C=O) groups excluding carboxylic acids is 4. The predicted molar refractivity (Wildman–Crippen MR) is 134 cm³/mol. The largest absolute Gasteiger partial charge is 0.493 e. The second kappa shape index (κ2) is 10.7. The van der Waals surface area contributed by atoms with E-state index in [-0.39, 0.29) is 35.3 Å². The summed E-state index contributed by atoms with van der Waals surface area (Å²) < 4.78 is 24.2. The van der Waals surface area contributed by atoms with Crippen LogP contribution in [-0.4, -0.2) is 37.5 Å². The highest BCUT2D eigenvalue weighted by atomic mass is 19.1. The van der Waals surface area contributed by atoms with Crippen molar-refractivity contribution in [1.29, 1.82) is 0 Å². The molecule has 0 unspecified atom stereocenters. The monoisotopic (exact) mass is 503 g/mol. The average molecular weight is 503 g/mol. The van der Waals surface area contributed by atoms with Crippen LogP contribution in [0.15, 0.2) is 72.3 Å². The lowest BCUT2D eigenvalue weighted by molar-refractivity contribution is -0.122. The molecule has 2 N–H and O–H groups in total. The maximum Gasteiger partial charge on any atom is 0.335 e. The zero-order valence-corrected chi connectivity index (χ0v) is 19.9. The quantitative estimate of drug-likeness (QED) is 0.374. The summed E-state index contributed by atoms with van der Waals surface area (Å²) in [5, 5.41) is 4.83. The molecule has 4 rings (SSSR count). The van der Waals surface area contributed by atoms with Crippen LogP contribution < -0.4 is 25.0 Å². The van der Waals surface area contributed by atoms with Crippen molar-refractivity contribution in [2.45, 2.75) is 6.92 Å². The Bertz CT molecular complexity index is 1400. The van der Waals surface area contributed by atoms with Crippen LogP contribution in [0.25, 0.3) is 6.08 Å². The molecule has 188 valence electrons. The number of anilines is 2. The zero-order chi connectivity index (χ0) is 26.5. The predicted octanol–water partition coefficient (Wildman–Crippen LogP) is 3.83. The summed E-state index contributed by atoms with van der Waals surface area (Å²) in [6, 6.07) is 15.7. The molecule has 37 heavy (non-hydrogen) atoms. The number of rotatable bonds is 7. The van der Waals surface area contributed by atoms with E-state index in [1.54, 1.807) is 18.2 Å². The van der Waals surface area contributed by atoms with Gasteiger partial charge >= 0.3 is 6.03 Å². The molecule has 1 saturated heterocycles. The van der Waals surface area contributed by atoms with Crippen LogP contribution >= 0.6 is 0 Å². The lowest BCUT2D eigenvalue weighted by atomic mass is 10.1. The third kappa shape index (κ3) is 5.81. The van der Waals surface area contributed by atoms with Gasteiger partial charge in [-0.1, -0.05) is 23.8 Å². The Morgan fingerprint density at radius 3 is 2.38 bits per heavy atom. The molecule has 3 aromatic rings. The second-order valence-corrected chi connectivity index (χ2v) is 8.05. The van der Waals surface area contributed by atoms with Gasteiger partial charge in [0.25, 0.3) is 17.7 Å². The van der Waals surface area contributed by atoms with Crippen LogP contribution in [0.1, 0.15) is 11.1 Å². The van der Waals surface area contributed by atoms with E-state index in [1.807, 2.05) is 19.1 Å². The van der Waals surface area contributed by atoms with Crippen LogP contribution in [0.2, 0.25) is 0 Å². The summed E-state index contributed by atoms with van der Waals surface area (Å²) in [7, 11) is 1.40. The van der Waals surface area contributed by atoms with E-state index < -0.39 is 23.7 Å². The fraction of sp³-hybridized carbons (Fsp3) is 0.111. The lowest BCUT2D eigenvalue weighted by Gasteiger charge is -2.26. The fourth-order valence-electron chi connectivity index (χ4n) is 3.52. The van der Waals surface area contributed by atoms with Crippen molar-refractivity contribution in [3.8, 4) is 11.5 Å². The molecule has 0 aromatic heterocycles. The van der Waals surface area contributed by atoms with Crippen LogP contribution in [-0.2, 0) is 14.4 Å². The number of hydrogen-bond acceptors (Lipinski definition) is 6. The molecular weight excluding hydrogens is 481 g/mol. The van der Waals surface area contributed by atoms with Gasteiger partial charge in [0, 0.05) is 5.69 Å². The topological polar surface area (TPSA) is 114 Å². The van der Waals surface area contributed by atoms with Gasteiger partial charge in [-0.2, -0.15) is 0 Å². The van der Waals surface area contributed by atoms with Gasteiger partial charge in [-0.15, -0.1) is 0 Å². The Kier molecular flexibility index (Phi) is 7.28. The Labute approximate surface area is 211 Å². The maximum atomic E-state index is 13.3. The number of benzene rings is 3. The highest BCUT2D eigenvalue weighted by Gasteiger charge is 2.36. The average Bonchev–Trinajstić information content (AvgIpc) is 2.88. The van der Waals surface area contributed by atoms with Crippen molar-refractivity contribution in [3.63, 3.8) is 0 Å². The van der Waals surface area contributed by atoms with Gasteiger partial charge in [0.1, 0.15) is 11.4 Å². The number of hydrogen-bond donors (Lipinski definition) is 2. The fourth-order valence-corrected chi connectivity index (χ4v) is 3.52. The number of amides is 5. The molecule has 1 heterocycles. The molecule has 0 radical (unpaired) electrons. The number of nitrogens with one attached hydrogen (secondary N) is 2. The van der Waals surface area contributed by atoms with Gasteiger partial charge in [0.05, 0.1) is 12.8 Å². The van der Waals surface area contributed by atoms with Crippen LogP contribution in [0.4, 0.5) is 20.6 Å². The molecule has 0 aliphatic carbocycles. The van der Waals surface area contributed by atoms with E-state index in [2.05, 4.69) is 10.6 Å². The van der Waals surface area contributed by atoms with Gasteiger partial charge in [-0.05, 0) is 67.1 Å². The minimum atomic E-state index is -0.941. The van der Waals surface area contributed by atoms with E-state index in [0.29, 0.717) is 11.3 Å². The van der Waals surface area contributed by atoms with Crippen LogP contribution in [0, 0.1) is 12.7 Å². The SMILES string of the molecule is COc1cc(/C=C2\C(=O)NC(=O)N(c3ccc(F)cc3)C2=O)ccc1OCC(=O)Nc1ccc(C)cc1. The molecule has 10 heteroatoms. The van der Waals surface area contributed by atoms with Crippen molar-refractivity contribution in [2.75, 3.05) is 23.9 Å². The van der Waals surface area contributed by atoms with E-state index in [1.165, 1.54) is 37.5 Å². The first-order valence-electron chi connectivity index (χ1n) is 11.1. The molecule has 9 nitrogen and oxygen atoms in total. The molecule has 1 aliphatic rings. The minimum absolute atomic E-state index is 0.104. The van der Waals surface area contributed by atoms with E-state index in [4.69, 9.17) is 9.47 Å². The van der Waals surface area contributed by atoms with Crippen LogP contribution in [0.5, 0.6) is 11.5 Å². The number of halogens is 1. The first-order valence-corrected chi connectivity index (χ1v) is 11.1. The summed E-state index contributed by atoms with van der Waals surface area (Å²) in [6.07, 6.45) is 1.29. The Balaban J connectivity index is 1.50. The molecule has 1 fully saturated rings. The van der Waals surface area contributed by atoms with Crippen molar-refractivity contribution in [2.24, 2.45) is 0 Å². The normalized spacial score (nSPS) is 14.4. The first-order chi connectivity index (χ1) is 17.7. The zero-order valence-electron chi connectivity index (χ0n) is 19.9. The Morgan fingerprint density at radius 2 is 1.70 bits per heavy atom. The smallest absolute Gasteiger partial charge is 0.335 e. The standard InChI is InChI=1S/C27H22FN3O6/c1-16-3-8-19(9-4-16)29-24(32)15-37-22-12-5-17(14-23(22)36-2)13-21-25(33)30-27(35)31(26(21)34)20-10-6-18(28)7-11-20/h3-14H,15H2,1-2H3,(H,29,32)(H,30,33,35)/b21-13+. The van der Waals surface area contributed by atoms with Crippen molar-refractivity contribution in [1.82, 2.24) is 5.32 Å². The van der Waals surface area contributed by atoms with Gasteiger partial charge < -0.3 is 14.8 Å². The Hall–Kier alpha value is -4.99. The summed E-state index contributed by atoms with van der Waals surface area (Å²) in [5.74, 6) is -2.12. The summed E-state index contributed by atoms with van der Waals surface area (Å²) in [5.41, 5.74) is 1.90. The molecule has 5 amide bonds. The highest BCUT2D eigenvalue weighted by Crippen LogP contribution is 2.30. The minimum Gasteiger partial charge on any atom is -0.493 e. The number of methoxy groups -OCH3 is 1.